The fourth-order valence-corrected chi connectivity index (χ4v) is 2.88. The van der Waals surface area contributed by atoms with Crippen LogP contribution in [0.2, 0.25) is 0 Å². The van der Waals surface area contributed by atoms with Crippen molar-refractivity contribution >= 4 is 11.7 Å². The van der Waals surface area contributed by atoms with Gasteiger partial charge in [-0.15, -0.1) is 0 Å². The number of benzene rings is 1. The van der Waals surface area contributed by atoms with Crippen LogP contribution in [0.5, 0.6) is 0 Å². The second-order valence-electron chi connectivity index (χ2n) is 5.12. The van der Waals surface area contributed by atoms with Crippen molar-refractivity contribution in [2.24, 2.45) is 0 Å². The number of esters is 1. The van der Waals surface area contributed by atoms with Crippen LogP contribution in [0.1, 0.15) is 32.1 Å². The minimum absolute atomic E-state index is 0.309. The Hall–Kier alpha value is -1.84. The van der Waals surface area contributed by atoms with Crippen molar-refractivity contribution in [3.8, 4) is 0 Å². The summed E-state index contributed by atoms with van der Waals surface area (Å²) in [5.74, 6) is -1.61. The molecule has 100 valence electrons. The third kappa shape index (κ3) is 2.11. The van der Waals surface area contributed by atoms with Gasteiger partial charge in [0.15, 0.2) is 5.60 Å². The van der Waals surface area contributed by atoms with Gasteiger partial charge in [-0.25, -0.2) is 4.79 Å². The van der Waals surface area contributed by atoms with E-state index in [1.54, 1.807) is 0 Å². The van der Waals surface area contributed by atoms with Crippen LogP contribution >= 0.6 is 0 Å². The molecule has 3 nitrogen and oxygen atoms in total. The normalized spacial score (nSPS) is 21.6. The summed E-state index contributed by atoms with van der Waals surface area (Å²) in [5, 5.41) is 3.04. The number of carbonyl (C=O) groups is 1. The Kier molecular flexibility index (Phi) is 3.01. The average molecular weight is 261 g/mol. The van der Waals surface area contributed by atoms with Crippen molar-refractivity contribution in [1.82, 2.24) is 0 Å². The van der Waals surface area contributed by atoms with Gasteiger partial charge in [0.1, 0.15) is 5.70 Å². The maximum atomic E-state index is 14.0. The molecule has 0 aromatic heterocycles. The van der Waals surface area contributed by atoms with Crippen LogP contribution in [0.15, 0.2) is 41.9 Å². The van der Waals surface area contributed by atoms with Gasteiger partial charge in [0, 0.05) is 5.69 Å². The van der Waals surface area contributed by atoms with E-state index in [-0.39, 0.29) is 0 Å². The number of hydrogen-bond acceptors (Lipinski definition) is 3. The summed E-state index contributed by atoms with van der Waals surface area (Å²) in [6.07, 6.45) is 4.42. The van der Waals surface area contributed by atoms with Crippen LogP contribution in [0.4, 0.5) is 10.1 Å². The molecule has 1 aliphatic carbocycles. The van der Waals surface area contributed by atoms with Gasteiger partial charge in [-0.2, -0.15) is 4.39 Å². The van der Waals surface area contributed by atoms with Crippen molar-refractivity contribution < 1.29 is 13.9 Å². The lowest BCUT2D eigenvalue weighted by Crippen LogP contribution is -2.37. The van der Waals surface area contributed by atoms with E-state index in [0.29, 0.717) is 18.5 Å². The number of halogens is 1. The number of nitrogens with one attached hydrogen (secondary N) is 1. The van der Waals surface area contributed by atoms with Crippen LogP contribution in [-0.4, -0.2) is 11.6 Å². The van der Waals surface area contributed by atoms with Crippen molar-refractivity contribution in [3.63, 3.8) is 0 Å². The predicted molar refractivity (Wildman–Crippen MR) is 70.1 cm³/mol. The van der Waals surface area contributed by atoms with E-state index >= 15 is 0 Å². The van der Waals surface area contributed by atoms with Gasteiger partial charge in [-0.05, 0) is 37.8 Å². The van der Waals surface area contributed by atoms with Crippen molar-refractivity contribution in [2.75, 3.05) is 5.32 Å². The summed E-state index contributed by atoms with van der Waals surface area (Å²) in [6, 6.07) is 9.32. The number of ether oxygens (including phenoxy) is 1. The van der Waals surface area contributed by atoms with Gasteiger partial charge >= 0.3 is 5.97 Å². The molecule has 4 heteroatoms. The largest absolute Gasteiger partial charge is 0.447 e. The molecule has 1 aromatic rings. The summed E-state index contributed by atoms with van der Waals surface area (Å²) in [5.41, 5.74) is 0.314. The molecule has 1 fully saturated rings. The first-order valence-electron chi connectivity index (χ1n) is 6.67. The predicted octanol–water partition coefficient (Wildman–Crippen LogP) is 3.54. The van der Waals surface area contributed by atoms with E-state index in [1.807, 2.05) is 30.3 Å². The lowest BCUT2D eigenvalue weighted by Gasteiger charge is -2.34. The van der Waals surface area contributed by atoms with Crippen LogP contribution in [-0.2, 0) is 9.53 Å². The van der Waals surface area contributed by atoms with E-state index in [0.717, 1.165) is 24.9 Å². The molecular formula is C15H16FNO2. The first-order valence-corrected chi connectivity index (χ1v) is 6.67. The van der Waals surface area contributed by atoms with Gasteiger partial charge < -0.3 is 10.1 Å². The highest BCUT2D eigenvalue weighted by Crippen LogP contribution is 2.44. The molecule has 0 unspecified atom stereocenters. The lowest BCUT2D eigenvalue weighted by molar-refractivity contribution is -0.150. The first kappa shape index (κ1) is 12.2. The molecular weight excluding hydrogens is 245 g/mol. The van der Waals surface area contributed by atoms with E-state index in [2.05, 4.69) is 5.32 Å². The maximum Gasteiger partial charge on any atom is 0.370 e. The van der Waals surface area contributed by atoms with Gasteiger partial charge in [0.05, 0.1) is 0 Å². The third-order valence-electron chi connectivity index (χ3n) is 3.85. The highest BCUT2D eigenvalue weighted by molar-refractivity contribution is 5.91. The molecule has 1 heterocycles. The van der Waals surface area contributed by atoms with Gasteiger partial charge in [0.2, 0.25) is 5.83 Å². The Bertz CT molecular complexity index is 518. The summed E-state index contributed by atoms with van der Waals surface area (Å²) < 4.78 is 19.4. The molecule has 3 rings (SSSR count). The second-order valence-corrected chi connectivity index (χ2v) is 5.12. The Balaban J connectivity index is 1.93. The molecule has 19 heavy (non-hydrogen) atoms. The molecule has 1 saturated carbocycles. The standard InChI is InChI=1S/C15H16FNO2/c16-12-13(17-11-7-3-1-4-8-11)15(19-14(12)18)9-5-2-6-10-15/h1,3-4,7-8,17H,2,5-6,9-10H2. The Morgan fingerprint density at radius 1 is 1.11 bits per heavy atom. The number of carbonyl (C=O) groups excluding carboxylic acids is 1. The van der Waals surface area contributed by atoms with E-state index < -0.39 is 17.4 Å². The molecule has 0 radical (unpaired) electrons. The van der Waals surface area contributed by atoms with Gasteiger partial charge in [-0.1, -0.05) is 24.6 Å². The van der Waals surface area contributed by atoms with Gasteiger partial charge in [-0.3, -0.25) is 0 Å². The number of anilines is 1. The summed E-state index contributed by atoms with van der Waals surface area (Å²) >= 11 is 0. The third-order valence-corrected chi connectivity index (χ3v) is 3.85. The zero-order valence-corrected chi connectivity index (χ0v) is 10.6. The zero-order chi connectivity index (χ0) is 13.3. The van der Waals surface area contributed by atoms with E-state index in [1.165, 1.54) is 0 Å². The zero-order valence-electron chi connectivity index (χ0n) is 10.6. The second kappa shape index (κ2) is 4.68. The summed E-state index contributed by atoms with van der Waals surface area (Å²) in [7, 11) is 0. The summed E-state index contributed by atoms with van der Waals surface area (Å²) in [6.45, 7) is 0. The van der Waals surface area contributed by atoms with Gasteiger partial charge in [0.25, 0.3) is 0 Å². The Morgan fingerprint density at radius 3 is 2.47 bits per heavy atom. The maximum absolute atomic E-state index is 14.0. The Labute approximate surface area is 111 Å². The van der Waals surface area contributed by atoms with Crippen molar-refractivity contribution in [1.29, 1.82) is 0 Å². The van der Waals surface area contributed by atoms with Crippen molar-refractivity contribution in [2.45, 2.75) is 37.7 Å². The fourth-order valence-electron chi connectivity index (χ4n) is 2.88. The van der Waals surface area contributed by atoms with Crippen LogP contribution < -0.4 is 5.32 Å². The molecule has 0 bridgehead atoms. The minimum Gasteiger partial charge on any atom is -0.447 e. The first-order chi connectivity index (χ1) is 9.21. The molecule has 1 N–H and O–H groups in total. The van der Waals surface area contributed by atoms with Crippen LogP contribution in [0.3, 0.4) is 0 Å². The van der Waals surface area contributed by atoms with E-state index in [4.69, 9.17) is 4.74 Å². The number of hydrogen-bond donors (Lipinski definition) is 1. The molecule has 0 atom stereocenters. The SMILES string of the molecule is O=C1OC2(CCCCC2)C(Nc2ccccc2)=C1F. The molecule has 0 amide bonds. The molecule has 1 spiro atoms. The highest BCUT2D eigenvalue weighted by Gasteiger charge is 2.49. The topological polar surface area (TPSA) is 38.3 Å². The number of rotatable bonds is 2. The van der Waals surface area contributed by atoms with E-state index in [9.17, 15) is 9.18 Å². The quantitative estimate of drug-likeness (QED) is 0.827. The van der Waals surface area contributed by atoms with Crippen LogP contribution in [0, 0.1) is 0 Å². The molecule has 1 aromatic carbocycles. The minimum atomic E-state index is -0.833. The molecule has 0 saturated heterocycles. The van der Waals surface area contributed by atoms with Crippen molar-refractivity contribution in [3.05, 3.63) is 41.9 Å². The highest BCUT2D eigenvalue weighted by atomic mass is 19.1. The smallest absolute Gasteiger partial charge is 0.370 e. The lowest BCUT2D eigenvalue weighted by atomic mass is 9.82. The van der Waals surface area contributed by atoms with Crippen LogP contribution in [0.25, 0.3) is 0 Å². The monoisotopic (exact) mass is 261 g/mol. The molecule has 2 aliphatic rings. The number of para-hydroxylation sites is 1. The summed E-state index contributed by atoms with van der Waals surface area (Å²) in [4.78, 5) is 11.6. The molecule has 1 aliphatic heterocycles. The fraction of sp³-hybridized carbons (Fsp3) is 0.400. The average Bonchev–Trinajstić information content (AvgIpc) is 2.66. The Morgan fingerprint density at radius 2 is 1.79 bits per heavy atom.